The van der Waals surface area contributed by atoms with Crippen LogP contribution in [0.1, 0.15) is 187 Å². The van der Waals surface area contributed by atoms with E-state index < -0.39 is 38.6 Å². The number of ether oxygens (including phenoxy) is 2. The van der Waals surface area contributed by atoms with Crippen LogP contribution in [0, 0.1) is 0 Å². The van der Waals surface area contributed by atoms with E-state index in [4.69, 9.17) is 19.3 Å². The van der Waals surface area contributed by atoms with Gasteiger partial charge in [-0.1, -0.05) is 189 Å². The summed E-state index contributed by atoms with van der Waals surface area (Å²) in [5.41, 5.74) is 0. The fourth-order valence-electron chi connectivity index (χ4n) is 6.07. The summed E-state index contributed by atoms with van der Waals surface area (Å²) in [5.74, 6) is -1.02. The van der Waals surface area contributed by atoms with Gasteiger partial charge in [-0.25, -0.2) is 4.57 Å². The normalized spacial score (nSPS) is 13.8. The van der Waals surface area contributed by atoms with Crippen LogP contribution in [0.2, 0.25) is 0 Å². The number of allylic oxidation sites excluding steroid dienone is 12. The van der Waals surface area contributed by atoms with E-state index in [1.165, 1.54) is 96.3 Å². The smallest absolute Gasteiger partial charge is 0.462 e. The van der Waals surface area contributed by atoms with E-state index in [2.05, 4.69) is 48.8 Å². The third kappa shape index (κ3) is 46.1. The molecule has 0 aromatic carbocycles. The van der Waals surface area contributed by atoms with E-state index in [0.29, 0.717) is 25.7 Å². The number of aliphatic hydroxyl groups excluding tert-OH is 1. The zero-order chi connectivity index (χ0) is 43.3. The van der Waals surface area contributed by atoms with E-state index in [9.17, 15) is 19.3 Å². The predicted molar refractivity (Wildman–Crippen MR) is 245 cm³/mol. The van der Waals surface area contributed by atoms with Crippen molar-refractivity contribution in [3.63, 3.8) is 0 Å². The predicted octanol–water partition coefficient (Wildman–Crippen LogP) is 13.4. The molecule has 0 aliphatic rings. The number of carbonyl (C=O) groups is 2. The Kier molecular flexibility index (Phi) is 41.2. The van der Waals surface area contributed by atoms with Gasteiger partial charge in [0.15, 0.2) is 6.10 Å². The van der Waals surface area contributed by atoms with E-state index in [0.717, 1.165) is 38.5 Å². The van der Waals surface area contributed by atoms with Crippen LogP contribution in [-0.2, 0) is 28.2 Å². The molecule has 10 heteroatoms. The fraction of sp³-hybridized carbons (Fsp3) is 0.673. The molecule has 2 atom stereocenters. The van der Waals surface area contributed by atoms with Gasteiger partial charge in [-0.15, -0.1) is 0 Å². The molecule has 0 bridgehead atoms. The number of esters is 2. The number of phosphoric acid groups is 1. The highest BCUT2D eigenvalue weighted by Gasteiger charge is 2.22. The summed E-state index contributed by atoms with van der Waals surface area (Å²) < 4.78 is 26.3. The van der Waals surface area contributed by atoms with Crippen LogP contribution < -0.4 is 0 Å². The lowest BCUT2D eigenvalue weighted by molar-refractivity contribution is -0.161. The second-order valence-electron chi connectivity index (χ2n) is 15.2. The summed E-state index contributed by atoms with van der Waals surface area (Å²) in [6, 6.07) is 0. The first kappa shape index (κ1) is 56.2. The molecular formula is C49H83O9P. The quantitative estimate of drug-likeness (QED) is 0.0180. The van der Waals surface area contributed by atoms with Gasteiger partial charge >= 0.3 is 19.8 Å². The molecule has 0 saturated heterocycles. The minimum absolute atomic E-state index is 0.0600. The Balaban J connectivity index is 4.04. The maximum Gasteiger partial charge on any atom is 0.469 e. The fourth-order valence-corrected chi connectivity index (χ4v) is 6.43. The van der Waals surface area contributed by atoms with Crippen LogP contribution >= 0.6 is 7.82 Å². The van der Waals surface area contributed by atoms with Gasteiger partial charge in [-0.05, 0) is 70.6 Å². The maximum atomic E-state index is 12.4. The molecule has 0 rings (SSSR count). The van der Waals surface area contributed by atoms with Crippen molar-refractivity contribution in [3.05, 3.63) is 85.1 Å². The van der Waals surface area contributed by atoms with E-state index in [-0.39, 0.29) is 19.4 Å². The second kappa shape index (κ2) is 43.3. The van der Waals surface area contributed by atoms with Gasteiger partial charge in [-0.3, -0.25) is 14.1 Å². The van der Waals surface area contributed by atoms with E-state index in [1.807, 2.05) is 48.6 Å². The van der Waals surface area contributed by atoms with Crippen molar-refractivity contribution in [2.45, 2.75) is 199 Å². The Bertz CT molecular complexity index is 1240. The Morgan fingerprint density at radius 1 is 0.542 bits per heavy atom. The molecule has 0 heterocycles. The summed E-state index contributed by atoms with van der Waals surface area (Å²) >= 11 is 0. The average Bonchev–Trinajstić information content (AvgIpc) is 3.20. The summed E-state index contributed by atoms with van der Waals surface area (Å²) in [6.45, 7) is 3.45. The molecule has 3 N–H and O–H groups in total. The van der Waals surface area contributed by atoms with Crippen LogP contribution in [0.5, 0.6) is 0 Å². The molecule has 0 amide bonds. The SMILES string of the molecule is CC/C=C\C/C=C\CC(O)/C=C/C=C\C/C=C\C/C=C\CCC(=O)O[C@H](COC(=O)CCCCCCCCCCCCC/C=C\CCCCCCCC)COP(=O)(O)O. The lowest BCUT2D eigenvalue weighted by atomic mass is 10.0. The van der Waals surface area contributed by atoms with Gasteiger partial charge in [0.1, 0.15) is 6.61 Å². The molecule has 0 aliphatic heterocycles. The minimum atomic E-state index is -4.80. The topological polar surface area (TPSA) is 140 Å². The monoisotopic (exact) mass is 847 g/mol. The Morgan fingerprint density at radius 2 is 1.05 bits per heavy atom. The van der Waals surface area contributed by atoms with Crippen LogP contribution in [-0.4, -0.2) is 52.3 Å². The van der Waals surface area contributed by atoms with Gasteiger partial charge < -0.3 is 24.4 Å². The lowest BCUT2D eigenvalue weighted by Gasteiger charge is -2.18. The zero-order valence-corrected chi connectivity index (χ0v) is 37.9. The maximum absolute atomic E-state index is 12.4. The highest BCUT2D eigenvalue weighted by Crippen LogP contribution is 2.36. The van der Waals surface area contributed by atoms with Crippen molar-refractivity contribution in [1.29, 1.82) is 0 Å². The molecule has 0 aromatic heterocycles. The van der Waals surface area contributed by atoms with E-state index >= 15 is 0 Å². The van der Waals surface area contributed by atoms with Crippen molar-refractivity contribution in [2.24, 2.45) is 0 Å². The number of hydrogen-bond donors (Lipinski definition) is 3. The van der Waals surface area contributed by atoms with Crippen LogP contribution in [0.4, 0.5) is 0 Å². The third-order valence-corrected chi connectivity index (χ3v) is 9.98. The molecule has 1 unspecified atom stereocenters. The largest absolute Gasteiger partial charge is 0.469 e. The van der Waals surface area contributed by atoms with Crippen molar-refractivity contribution in [3.8, 4) is 0 Å². The second-order valence-corrected chi connectivity index (χ2v) is 16.4. The number of carbonyl (C=O) groups excluding carboxylic acids is 2. The molecule has 0 spiro atoms. The van der Waals surface area contributed by atoms with E-state index in [1.54, 1.807) is 6.08 Å². The number of aliphatic hydroxyl groups is 1. The summed E-state index contributed by atoms with van der Waals surface area (Å²) in [7, 11) is -4.80. The molecule has 9 nitrogen and oxygen atoms in total. The first-order chi connectivity index (χ1) is 28.7. The van der Waals surface area contributed by atoms with Gasteiger partial charge in [0.25, 0.3) is 0 Å². The highest BCUT2D eigenvalue weighted by molar-refractivity contribution is 7.46. The third-order valence-electron chi connectivity index (χ3n) is 9.49. The van der Waals surface area contributed by atoms with Crippen molar-refractivity contribution < 1.29 is 43.0 Å². The molecule has 0 aliphatic carbocycles. The Labute approximate surface area is 359 Å². The zero-order valence-electron chi connectivity index (χ0n) is 37.0. The Morgan fingerprint density at radius 3 is 1.64 bits per heavy atom. The molecule has 338 valence electrons. The molecule has 0 radical (unpaired) electrons. The number of rotatable bonds is 41. The Hall–Kier alpha value is -2.81. The summed E-state index contributed by atoms with van der Waals surface area (Å²) in [4.78, 5) is 42.9. The summed E-state index contributed by atoms with van der Waals surface area (Å²) in [6.07, 6.45) is 54.9. The molecule has 59 heavy (non-hydrogen) atoms. The first-order valence-electron chi connectivity index (χ1n) is 23.0. The van der Waals surface area contributed by atoms with Gasteiger partial charge in [0.2, 0.25) is 0 Å². The van der Waals surface area contributed by atoms with Gasteiger partial charge in [0.05, 0.1) is 12.7 Å². The standard InChI is InChI=1S/C49H83O9P/c1-3-5-7-9-11-12-13-14-15-16-17-18-19-20-21-22-23-27-30-34-38-42-48(51)56-44-47(45-57-59(53,54)55)58-49(52)43-39-35-31-28-25-24-26-29-33-37-41-46(50)40-36-32-10-8-6-4-2/h6,8,14-15,24-25,29,31-33,35-37,41,46-47,50H,3-5,7,9-13,16-23,26-28,30,34,38-40,42-45H2,1-2H3,(H2,53,54,55)/b8-6-,15-14-,25-24-,33-29-,35-31-,36-32-,41-37+/t46?,47-/m1/s1. The van der Waals surface area contributed by atoms with Gasteiger partial charge in [-0.2, -0.15) is 0 Å². The van der Waals surface area contributed by atoms with Crippen LogP contribution in [0.15, 0.2) is 85.1 Å². The highest BCUT2D eigenvalue weighted by atomic mass is 31.2. The molecule has 0 saturated carbocycles. The molecule has 0 aromatic rings. The first-order valence-corrected chi connectivity index (χ1v) is 24.5. The molecular weight excluding hydrogens is 764 g/mol. The van der Waals surface area contributed by atoms with Crippen LogP contribution in [0.25, 0.3) is 0 Å². The van der Waals surface area contributed by atoms with Crippen molar-refractivity contribution in [1.82, 2.24) is 0 Å². The number of hydrogen-bond acceptors (Lipinski definition) is 7. The van der Waals surface area contributed by atoms with Crippen molar-refractivity contribution in [2.75, 3.05) is 13.2 Å². The van der Waals surface area contributed by atoms with Crippen LogP contribution in [0.3, 0.4) is 0 Å². The van der Waals surface area contributed by atoms with Crippen molar-refractivity contribution >= 4 is 19.8 Å². The number of unbranched alkanes of at least 4 members (excludes halogenated alkanes) is 17. The number of phosphoric ester groups is 1. The lowest BCUT2D eigenvalue weighted by Crippen LogP contribution is -2.29. The minimum Gasteiger partial charge on any atom is -0.462 e. The summed E-state index contributed by atoms with van der Waals surface area (Å²) in [5, 5.41) is 9.98. The average molecular weight is 847 g/mol. The molecule has 0 fully saturated rings. The van der Waals surface area contributed by atoms with Gasteiger partial charge in [0, 0.05) is 12.8 Å².